The highest BCUT2D eigenvalue weighted by atomic mass is 32.1. The molecule has 2 amide bonds. The number of anilines is 1. The van der Waals surface area contributed by atoms with E-state index in [1.807, 2.05) is 0 Å². The Kier molecular flexibility index (Phi) is 3.52. The molecule has 1 atom stereocenters. The molecule has 1 saturated heterocycles. The molecule has 0 radical (unpaired) electrons. The largest absolute Gasteiger partial charge is 0.478 e. The smallest absolute Gasteiger partial charge is 0.340 e. The van der Waals surface area contributed by atoms with Gasteiger partial charge < -0.3 is 15.3 Å². The Bertz CT molecular complexity index is 554. The van der Waals surface area contributed by atoms with Crippen LogP contribution in [-0.2, 0) is 9.59 Å². The van der Waals surface area contributed by atoms with Crippen LogP contribution in [-0.4, -0.2) is 40.4 Å². The van der Waals surface area contributed by atoms with E-state index in [4.69, 9.17) is 5.11 Å². The average molecular weight is 283 g/mol. The minimum atomic E-state index is -1.11. The minimum Gasteiger partial charge on any atom is -0.478 e. The fourth-order valence-corrected chi connectivity index (χ4v) is 2.82. The van der Waals surface area contributed by atoms with E-state index in [2.05, 4.69) is 9.69 Å². The number of carboxylic acid groups (broad SMARTS) is 1. The number of aromatic nitrogens is 1. The molecule has 2 heterocycles. The van der Waals surface area contributed by atoms with Gasteiger partial charge in [-0.2, -0.15) is 4.37 Å². The van der Waals surface area contributed by atoms with Gasteiger partial charge in [-0.15, -0.1) is 0 Å². The molecule has 0 saturated carbocycles. The maximum absolute atomic E-state index is 12.2. The maximum Gasteiger partial charge on any atom is 0.340 e. The molecule has 0 bridgehead atoms. The Morgan fingerprint density at radius 2 is 2.21 bits per heavy atom. The first-order valence-electron chi connectivity index (χ1n) is 5.68. The highest BCUT2D eigenvalue weighted by Crippen LogP contribution is 2.28. The van der Waals surface area contributed by atoms with Crippen LogP contribution in [0.3, 0.4) is 0 Å². The van der Waals surface area contributed by atoms with E-state index in [1.165, 1.54) is 11.9 Å². The summed E-state index contributed by atoms with van der Waals surface area (Å²) in [6, 6.07) is -0.582. The van der Waals surface area contributed by atoms with Crippen molar-refractivity contribution in [1.82, 2.24) is 9.69 Å². The van der Waals surface area contributed by atoms with Gasteiger partial charge in [0.2, 0.25) is 11.8 Å². The maximum atomic E-state index is 12.2. The Hall–Kier alpha value is -1.96. The number of carbonyl (C=O) groups excluding carboxylic acids is 2. The molecule has 0 spiro atoms. The minimum absolute atomic E-state index is 0.0326. The van der Waals surface area contributed by atoms with Gasteiger partial charge in [0, 0.05) is 13.5 Å². The summed E-state index contributed by atoms with van der Waals surface area (Å²) in [7, 11) is 1.49. The van der Waals surface area contributed by atoms with Gasteiger partial charge in [-0.3, -0.25) is 9.59 Å². The highest BCUT2D eigenvalue weighted by molar-refractivity contribution is 7.11. The number of aryl methyl sites for hydroxylation is 1. The lowest BCUT2D eigenvalue weighted by Gasteiger charge is -2.19. The lowest BCUT2D eigenvalue weighted by molar-refractivity contribution is -0.123. The summed E-state index contributed by atoms with van der Waals surface area (Å²) in [6.45, 7) is 1.58. The molecule has 102 valence electrons. The zero-order chi connectivity index (χ0) is 14.2. The van der Waals surface area contributed by atoms with Crippen LogP contribution in [0.4, 0.5) is 5.00 Å². The Balaban J connectivity index is 2.24. The standard InChI is InChI=1S/C11H13N3O4S/c1-5-8(11(17)18)10(19-13-5)14(2)9(16)6-3-4-7(15)12-6/h6H,3-4H2,1-2H3,(H,12,15)(H,17,18)/t6-/m1/s1. The van der Waals surface area contributed by atoms with Gasteiger partial charge in [-0.25, -0.2) is 4.79 Å². The number of hydrogen-bond donors (Lipinski definition) is 2. The van der Waals surface area contributed by atoms with Crippen LogP contribution in [0.2, 0.25) is 0 Å². The van der Waals surface area contributed by atoms with Gasteiger partial charge in [-0.05, 0) is 24.9 Å². The number of carbonyl (C=O) groups is 3. The molecule has 1 aliphatic rings. The number of amides is 2. The summed E-state index contributed by atoms with van der Waals surface area (Å²) < 4.78 is 3.96. The number of aromatic carboxylic acids is 1. The quantitative estimate of drug-likeness (QED) is 0.836. The predicted octanol–water partition coefficient (Wildman–Crippen LogP) is 0.391. The van der Waals surface area contributed by atoms with E-state index in [-0.39, 0.29) is 22.4 Å². The van der Waals surface area contributed by atoms with Crippen molar-refractivity contribution in [2.75, 3.05) is 11.9 Å². The Morgan fingerprint density at radius 3 is 2.74 bits per heavy atom. The average Bonchev–Trinajstić information content (AvgIpc) is 2.93. The number of carboxylic acids is 1. The molecular weight excluding hydrogens is 270 g/mol. The third-order valence-electron chi connectivity index (χ3n) is 2.99. The van der Waals surface area contributed by atoms with Crippen molar-refractivity contribution in [3.8, 4) is 0 Å². The van der Waals surface area contributed by atoms with Gasteiger partial charge >= 0.3 is 5.97 Å². The van der Waals surface area contributed by atoms with Gasteiger partial charge in [0.05, 0.1) is 5.69 Å². The van der Waals surface area contributed by atoms with E-state index >= 15 is 0 Å². The van der Waals surface area contributed by atoms with Crippen LogP contribution < -0.4 is 10.2 Å². The van der Waals surface area contributed by atoms with Crippen molar-refractivity contribution in [1.29, 1.82) is 0 Å². The lowest BCUT2D eigenvalue weighted by Crippen LogP contribution is -2.42. The monoisotopic (exact) mass is 283 g/mol. The van der Waals surface area contributed by atoms with Gasteiger partial charge in [0.1, 0.15) is 16.6 Å². The summed E-state index contributed by atoms with van der Waals surface area (Å²) >= 11 is 0.962. The highest BCUT2D eigenvalue weighted by Gasteiger charge is 2.32. The number of rotatable bonds is 3. The van der Waals surface area contributed by atoms with Gasteiger partial charge in [-0.1, -0.05) is 0 Å². The van der Waals surface area contributed by atoms with Crippen LogP contribution >= 0.6 is 11.5 Å². The zero-order valence-electron chi connectivity index (χ0n) is 10.5. The van der Waals surface area contributed by atoms with Gasteiger partial charge in [0.25, 0.3) is 0 Å². The van der Waals surface area contributed by atoms with E-state index < -0.39 is 12.0 Å². The van der Waals surface area contributed by atoms with Crippen molar-refractivity contribution >= 4 is 34.3 Å². The zero-order valence-corrected chi connectivity index (χ0v) is 11.3. The molecule has 1 aliphatic heterocycles. The van der Waals surface area contributed by atoms with Crippen LogP contribution in [0.1, 0.15) is 28.9 Å². The molecule has 1 aromatic rings. The van der Waals surface area contributed by atoms with Crippen molar-refractivity contribution < 1.29 is 19.5 Å². The SMILES string of the molecule is Cc1nsc(N(C)C(=O)[C@H]2CCC(=O)N2)c1C(=O)O. The predicted molar refractivity (Wildman–Crippen MR) is 68.4 cm³/mol. The third-order valence-corrected chi connectivity index (χ3v) is 4.00. The van der Waals surface area contributed by atoms with Gasteiger partial charge in [0.15, 0.2) is 0 Å². The molecule has 19 heavy (non-hydrogen) atoms. The number of hydrogen-bond acceptors (Lipinski definition) is 5. The fraction of sp³-hybridized carbons (Fsp3) is 0.455. The van der Waals surface area contributed by atoms with Crippen molar-refractivity contribution in [2.24, 2.45) is 0 Å². The van der Waals surface area contributed by atoms with Crippen LogP contribution in [0.5, 0.6) is 0 Å². The van der Waals surface area contributed by atoms with E-state index in [9.17, 15) is 14.4 Å². The second-order valence-electron chi connectivity index (χ2n) is 4.31. The van der Waals surface area contributed by atoms with Crippen molar-refractivity contribution in [3.05, 3.63) is 11.3 Å². The van der Waals surface area contributed by atoms with Crippen LogP contribution in [0.15, 0.2) is 0 Å². The molecule has 2 N–H and O–H groups in total. The van der Waals surface area contributed by atoms with Crippen molar-refractivity contribution in [3.63, 3.8) is 0 Å². The summed E-state index contributed by atoms with van der Waals surface area (Å²) in [5.41, 5.74) is 0.410. The van der Waals surface area contributed by atoms with Crippen molar-refractivity contribution in [2.45, 2.75) is 25.8 Å². The molecule has 0 aromatic carbocycles. The second kappa shape index (κ2) is 4.96. The van der Waals surface area contributed by atoms with Crippen LogP contribution in [0.25, 0.3) is 0 Å². The third kappa shape index (κ3) is 2.43. The first-order chi connectivity index (χ1) is 8.91. The van der Waals surface area contributed by atoms with E-state index in [0.717, 1.165) is 11.5 Å². The first-order valence-corrected chi connectivity index (χ1v) is 6.45. The number of nitrogens with one attached hydrogen (secondary N) is 1. The molecule has 0 unspecified atom stereocenters. The molecule has 8 heteroatoms. The van der Waals surface area contributed by atoms with Crippen LogP contribution in [0, 0.1) is 6.92 Å². The summed E-state index contributed by atoms with van der Waals surface area (Å²) in [5.74, 6) is -1.60. The van der Waals surface area contributed by atoms with E-state index in [0.29, 0.717) is 18.5 Å². The number of likely N-dealkylation sites (N-methyl/N-ethyl adjacent to an activating group) is 1. The fourth-order valence-electron chi connectivity index (χ4n) is 1.97. The molecular formula is C11H13N3O4S. The first kappa shape index (κ1) is 13.5. The molecule has 1 aromatic heterocycles. The summed E-state index contributed by atoms with van der Waals surface area (Å²) in [5, 5.41) is 12.0. The Labute approximate surface area is 113 Å². The topological polar surface area (TPSA) is 99.6 Å². The normalized spacial score (nSPS) is 18.2. The molecule has 7 nitrogen and oxygen atoms in total. The van der Waals surface area contributed by atoms with E-state index in [1.54, 1.807) is 6.92 Å². The molecule has 1 fully saturated rings. The lowest BCUT2D eigenvalue weighted by atomic mass is 10.2. The Morgan fingerprint density at radius 1 is 1.53 bits per heavy atom. The second-order valence-corrected chi connectivity index (χ2v) is 5.06. The molecule has 2 rings (SSSR count). The molecule has 0 aliphatic carbocycles. The summed E-state index contributed by atoms with van der Waals surface area (Å²) in [4.78, 5) is 35.7. The summed E-state index contributed by atoms with van der Waals surface area (Å²) in [6.07, 6.45) is 0.750. The number of nitrogens with zero attached hydrogens (tertiary/aromatic N) is 2.